The lowest BCUT2D eigenvalue weighted by molar-refractivity contribution is 0.171. The van der Waals surface area contributed by atoms with Gasteiger partial charge < -0.3 is 19.1 Å². The number of hydrogen-bond donors (Lipinski definition) is 1. The minimum atomic E-state index is 0.160. The van der Waals surface area contributed by atoms with E-state index in [0.717, 1.165) is 11.3 Å². The first-order chi connectivity index (χ1) is 10.8. The second-order valence-corrected chi connectivity index (χ2v) is 4.95. The van der Waals surface area contributed by atoms with Gasteiger partial charge in [-0.1, -0.05) is 17.3 Å². The minimum absolute atomic E-state index is 0.160. The zero-order chi connectivity index (χ0) is 14.9. The van der Waals surface area contributed by atoms with Crippen LogP contribution in [0.5, 0.6) is 17.2 Å². The number of fused-ring (bicyclic) bond motifs is 1. The summed E-state index contributed by atoms with van der Waals surface area (Å²) in [5.74, 6) is 2.12. The van der Waals surface area contributed by atoms with Gasteiger partial charge in [-0.25, -0.2) is 0 Å². The number of hydrogen-bond acceptors (Lipinski definition) is 5. The number of phenolic OH excluding ortho intramolecular Hbond substituents is 1. The number of para-hydroxylation sites is 1. The van der Waals surface area contributed by atoms with E-state index in [-0.39, 0.29) is 5.75 Å². The van der Waals surface area contributed by atoms with Crippen LogP contribution in [0.3, 0.4) is 0 Å². The van der Waals surface area contributed by atoms with Crippen molar-refractivity contribution in [2.75, 3.05) is 13.2 Å². The van der Waals surface area contributed by atoms with Gasteiger partial charge in [-0.05, 0) is 30.3 Å². The number of nitrogens with zero attached hydrogens (tertiary/aromatic N) is 1. The maximum Gasteiger partial charge on any atom is 0.171 e. The van der Waals surface area contributed by atoms with Gasteiger partial charge >= 0.3 is 0 Å². The number of aromatic nitrogens is 1. The molecule has 0 saturated carbocycles. The molecule has 1 aliphatic heterocycles. The largest absolute Gasteiger partial charge is 0.507 e. The molecule has 0 unspecified atom stereocenters. The molecule has 3 aromatic rings. The number of ether oxygens (including phenoxy) is 2. The fourth-order valence-electron chi connectivity index (χ4n) is 2.42. The van der Waals surface area contributed by atoms with Crippen molar-refractivity contribution >= 4 is 0 Å². The highest BCUT2D eigenvalue weighted by molar-refractivity contribution is 5.71. The molecular weight excluding hydrogens is 282 g/mol. The van der Waals surface area contributed by atoms with Gasteiger partial charge in [0, 0.05) is 11.6 Å². The fraction of sp³-hybridized carbons (Fsp3) is 0.118. The SMILES string of the molecule is Oc1ccccc1-c1cc(-c2ccc3c(c2)OCCO3)no1. The molecule has 0 bridgehead atoms. The van der Waals surface area contributed by atoms with Crippen LogP contribution in [0.1, 0.15) is 0 Å². The fourth-order valence-corrected chi connectivity index (χ4v) is 2.42. The Hall–Kier alpha value is -2.95. The molecule has 110 valence electrons. The third kappa shape index (κ3) is 2.16. The van der Waals surface area contributed by atoms with Crippen LogP contribution in [0.4, 0.5) is 0 Å². The van der Waals surface area contributed by atoms with Gasteiger partial charge in [-0.3, -0.25) is 0 Å². The Morgan fingerprint density at radius 2 is 1.73 bits per heavy atom. The number of benzene rings is 2. The van der Waals surface area contributed by atoms with E-state index >= 15 is 0 Å². The molecule has 5 heteroatoms. The lowest BCUT2D eigenvalue weighted by Crippen LogP contribution is -2.15. The molecule has 22 heavy (non-hydrogen) atoms. The summed E-state index contributed by atoms with van der Waals surface area (Å²) < 4.78 is 16.4. The molecule has 1 aliphatic rings. The highest BCUT2D eigenvalue weighted by Gasteiger charge is 2.15. The quantitative estimate of drug-likeness (QED) is 0.784. The van der Waals surface area contributed by atoms with Crippen molar-refractivity contribution in [1.82, 2.24) is 5.16 Å². The van der Waals surface area contributed by atoms with Crippen LogP contribution in [0.25, 0.3) is 22.6 Å². The van der Waals surface area contributed by atoms with Crippen LogP contribution in [0.2, 0.25) is 0 Å². The normalized spacial score (nSPS) is 13.1. The second-order valence-electron chi connectivity index (χ2n) is 4.95. The predicted octanol–water partition coefficient (Wildman–Crippen LogP) is 3.49. The van der Waals surface area contributed by atoms with E-state index in [1.165, 1.54) is 0 Å². The van der Waals surface area contributed by atoms with Gasteiger partial charge in [-0.15, -0.1) is 0 Å². The van der Waals surface area contributed by atoms with Crippen molar-refractivity contribution in [3.05, 3.63) is 48.5 Å². The maximum atomic E-state index is 9.88. The monoisotopic (exact) mass is 295 g/mol. The van der Waals surface area contributed by atoms with E-state index in [1.54, 1.807) is 24.3 Å². The first-order valence-electron chi connectivity index (χ1n) is 6.96. The summed E-state index contributed by atoms with van der Waals surface area (Å²) in [4.78, 5) is 0. The molecule has 2 heterocycles. The van der Waals surface area contributed by atoms with E-state index in [9.17, 15) is 5.11 Å². The second kappa shape index (κ2) is 5.11. The summed E-state index contributed by atoms with van der Waals surface area (Å²) in [5.41, 5.74) is 2.16. The summed E-state index contributed by atoms with van der Waals surface area (Å²) in [6.07, 6.45) is 0. The molecule has 0 fully saturated rings. The average Bonchev–Trinajstić information content (AvgIpc) is 3.04. The van der Waals surface area contributed by atoms with E-state index in [2.05, 4.69) is 5.16 Å². The summed E-state index contributed by atoms with van der Waals surface area (Å²) in [6, 6.07) is 14.4. The molecule has 0 aliphatic carbocycles. The first kappa shape index (κ1) is 12.8. The summed E-state index contributed by atoms with van der Waals surface area (Å²) in [6.45, 7) is 1.10. The maximum absolute atomic E-state index is 9.88. The molecule has 0 radical (unpaired) electrons. The van der Waals surface area contributed by atoms with Crippen molar-refractivity contribution in [2.24, 2.45) is 0 Å². The summed E-state index contributed by atoms with van der Waals surface area (Å²) >= 11 is 0. The van der Waals surface area contributed by atoms with Crippen molar-refractivity contribution in [1.29, 1.82) is 0 Å². The zero-order valence-electron chi connectivity index (χ0n) is 11.7. The number of aromatic hydroxyl groups is 1. The lowest BCUT2D eigenvalue weighted by Gasteiger charge is -2.18. The van der Waals surface area contributed by atoms with Crippen molar-refractivity contribution < 1.29 is 19.1 Å². The van der Waals surface area contributed by atoms with Gasteiger partial charge in [0.2, 0.25) is 0 Å². The van der Waals surface area contributed by atoms with Crippen LogP contribution in [0.15, 0.2) is 53.1 Å². The van der Waals surface area contributed by atoms with Crippen LogP contribution < -0.4 is 9.47 Å². The number of phenols is 1. The minimum Gasteiger partial charge on any atom is -0.507 e. The van der Waals surface area contributed by atoms with Gasteiger partial charge in [0.1, 0.15) is 24.7 Å². The van der Waals surface area contributed by atoms with Crippen molar-refractivity contribution in [2.45, 2.75) is 0 Å². The lowest BCUT2D eigenvalue weighted by atomic mass is 10.1. The molecular formula is C17H13NO4. The molecule has 1 aromatic heterocycles. The molecule has 0 saturated heterocycles. The van der Waals surface area contributed by atoms with E-state index in [1.807, 2.05) is 24.3 Å². The Labute approximate surface area is 126 Å². The van der Waals surface area contributed by atoms with Crippen LogP contribution >= 0.6 is 0 Å². The van der Waals surface area contributed by atoms with Gasteiger partial charge in [0.25, 0.3) is 0 Å². The molecule has 0 amide bonds. The molecule has 2 aromatic carbocycles. The van der Waals surface area contributed by atoms with Crippen LogP contribution in [-0.2, 0) is 0 Å². The van der Waals surface area contributed by atoms with Gasteiger partial charge in [0.05, 0.1) is 5.56 Å². The number of rotatable bonds is 2. The third-order valence-corrected chi connectivity index (χ3v) is 3.52. The Kier molecular flexibility index (Phi) is 2.96. The Morgan fingerprint density at radius 3 is 2.59 bits per heavy atom. The highest BCUT2D eigenvalue weighted by atomic mass is 16.6. The standard InChI is InChI=1S/C17H13NO4/c19-14-4-2-1-3-12(14)16-10-13(18-22-16)11-5-6-15-17(9-11)21-8-7-20-15/h1-6,9-10,19H,7-8H2. The van der Waals surface area contributed by atoms with Crippen molar-refractivity contribution in [3.63, 3.8) is 0 Å². The smallest absolute Gasteiger partial charge is 0.171 e. The average molecular weight is 295 g/mol. The Morgan fingerprint density at radius 1 is 0.909 bits per heavy atom. The van der Waals surface area contributed by atoms with E-state index in [4.69, 9.17) is 14.0 Å². The van der Waals surface area contributed by atoms with E-state index < -0.39 is 0 Å². The summed E-state index contributed by atoms with van der Waals surface area (Å²) in [5, 5.41) is 13.9. The molecule has 0 atom stereocenters. The topological polar surface area (TPSA) is 64.7 Å². The third-order valence-electron chi connectivity index (χ3n) is 3.52. The summed E-state index contributed by atoms with van der Waals surface area (Å²) in [7, 11) is 0. The van der Waals surface area contributed by atoms with Gasteiger partial charge in [0.15, 0.2) is 17.3 Å². The van der Waals surface area contributed by atoms with Crippen molar-refractivity contribution in [3.8, 4) is 39.8 Å². The molecule has 1 N–H and O–H groups in total. The van der Waals surface area contributed by atoms with Gasteiger partial charge in [-0.2, -0.15) is 0 Å². The predicted molar refractivity (Wildman–Crippen MR) is 80.0 cm³/mol. The van der Waals surface area contributed by atoms with Crippen LogP contribution in [0, 0.1) is 0 Å². The molecule has 5 nitrogen and oxygen atoms in total. The highest BCUT2D eigenvalue weighted by Crippen LogP contribution is 2.36. The Bertz CT molecular complexity index is 825. The molecule has 0 spiro atoms. The zero-order valence-corrected chi connectivity index (χ0v) is 11.7. The van der Waals surface area contributed by atoms with Crippen LogP contribution in [-0.4, -0.2) is 23.5 Å². The molecule has 4 rings (SSSR count). The van der Waals surface area contributed by atoms with E-state index in [0.29, 0.717) is 36.0 Å². The first-order valence-corrected chi connectivity index (χ1v) is 6.96. The Balaban J connectivity index is 1.71.